The van der Waals surface area contributed by atoms with E-state index >= 15 is 0 Å². The number of hydrogen-bond donors (Lipinski definition) is 3. The minimum Gasteiger partial charge on any atom is -0.340 e. The van der Waals surface area contributed by atoms with Gasteiger partial charge in [-0.1, -0.05) is 47.7 Å². The first-order valence-electron chi connectivity index (χ1n) is 11.8. The van der Waals surface area contributed by atoms with Gasteiger partial charge < -0.3 is 15.5 Å². The fraction of sp³-hybridized carbons (Fsp3) is 0.333. The van der Waals surface area contributed by atoms with E-state index in [1.807, 2.05) is 13.8 Å². The number of H-pyrrole nitrogens is 1. The normalized spacial score (nSPS) is 22.2. The van der Waals surface area contributed by atoms with Gasteiger partial charge in [0, 0.05) is 16.9 Å². The Kier molecular flexibility index (Phi) is 6.57. The number of benzene rings is 2. The van der Waals surface area contributed by atoms with Crippen molar-refractivity contribution < 1.29 is 19.3 Å². The van der Waals surface area contributed by atoms with Crippen LogP contribution in [0.4, 0.5) is 5.69 Å². The third-order valence-electron chi connectivity index (χ3n) is 6.56. The highest BCUT2D eigenvalue weighted by Crippen LogP contribution is 2.56. The molecule has 38 heavy (non-hydrogen) atoms. The number of aromatic amines is 1. The first-order chi connectivity index (χ1) is 18.2. The molecule has 3 amide bonds. The Bertz CT molecular complexity index is 1370. The molecule has 3 aromatic rings. The molecule has 0 bridgehead atoms. The summed E-state index contributed by atoms with van der Waals surface area (Å²) in [6.07, 6.45) is -0.0796. The predicted octanol–water partition coefficient (Wildman–Crippen LogP) is 1.43. The monoisotopic (exact) mass is 536 g/mol. The van der Waals surface area contributed by atoms with Crippen molar-refractivity contribution in [1.82, 2.24) is 36.2 Å². The van der Waals surface area contributed by atoms with Crippen molar-refractivity contribution in [3.8, 4) is 0 Å². The molecule has 3 heterocycles. The number of carbonyl (C=O) groups excluding carboxylic acids is 3. The number of hydrogen-bond acceptors (Lipinski definition) is 9. The predicted molar refractivity (Wildman–Crippen MR) is 135 cm³/mol. The van der Waals surface area contributed by atoms with Gasteiger partial charge in [-0.15, -0.1) is 22.0 Å². The van der Waals surface area contributed by atoms with E-state index in [-0.39, 0.29) is 23.4 Å². The van der Waals surface area contributed by atoms with Crippen molar-refractivity contribution in [2.45, 2.75) is 48.5 Å². The van der Waals surface area contributed by atoms with Gasteiger partial charge in [-0.05, 0) is 25.0 Å². The van der Waals surface area contributed by atoms with E-state index in [0.29, 0.717) is 17.0 Å². The van der Waals surface area contributed by atoms with Gasteiger partial charge in [-0.2, -0.15) is 5.21 Å². The maximum absolute atomic E-state index is 13.4. The molecule has 2 fully saturated rings. The van der Waals surface area contributed by atoms with Crippen LogP contribution in [0.5, 0.6) is 0 Å². The second-order valence-corrected chi connectivity index (χ2v) is 11.3. The van der Waals surface area contributed by atoms with Crippen LogP contribution >= 0.6 is 11.8 Å². The van der Waals surface area contributed by atoms with Crippen LogP contribution < -0.4 is 10.6 Å². The zero-order valence-electron chi connectivity index (χ0n) is 20.4. The fourth-order valence-corrected chi connectivity index (χ4v) is 6.40. The summed E-state index contributed by atoms with van der Waals surface area (Å²) in [5.74, 6) is -0.824. The molecule has 0 aliphatic carbocycles. The van der Waals surface area contributed by atoms with Crippen LogP contribution in [0.3, 0.4) is 0 Å². The van der Waals surface area contributed by atoms with E-state index in [9.17, 15) is 24.5 Å². The Morgan fingerprint density at radius 1 is 1.18 bits per heavy atom. The largest absolute Gasteiger partial charge is 0.340 e. The minimum absolute atomic E-state index is 0.0792. The lowest BCUT2D eigenvalue weighted by Gasteiger charge is -2.44. The summed E-state index contributed by atoms with van der Waals surface area (Å²) < 4.78 is -0.415. The van der Waals surface area contributed by atoms with Crippen molar-refractivity contribution in [1.29, 1.82) is 0 Å². The molecule has 196 valence electrons. The molecule has 1 aromatic heterocycles. The Morgan fingerprint density at radius 3 is 2.53 bits per heavy atom. The molecule has 5 rings (SSSR count). The van der Waals surface area contributed by atoms with E-state index in [1.54, 1.807) is 35.2 Å². The third kappa shape index (κ3) is 4.69. The Labute approximate surface area is 220 Å². The van der Waals surface area contributed by atoms with Crippen molar-refractivity contribution in [2.24, 2.45) is 0 Å². The van der Waals surface area contributed by atoms with Gasteiger partial charge in [0.05, 0.1) is 11.3 Å². The highest BCUT2D eigenvalue weighted by molar-refractivity contribution is 8.01. The number of nitro benzene ring substituents is 1. The zero-order chi connectivity index (χ0) is 27.0. The van der Waals surface area contributed by atoms with Gasteiger partial charge in [0.1, 0.15) is 23.5 Å². The van der Waals surface area contributed by atoms with E-state index in [1.165, 1.54) is 36.0 Å². The summed E-state index contributed by atoms with van der Waals surface area (Å²) in [6, 6.07) is 12.1. The van der Waals surface area contributed by atoms with Gasteiger partial charge in [-0.3, -0.25) is 24.5 Å². The molecule has 0 radical (unpaired) electrons. The second kappa shape index (κ2) is 9.85. The lowest BCUT2D eigenvalue weighted by atomic mass is 9.95. The fourth-order valence-electron chi connectivity index (χ4n) is 4.77. The van der Waals surface area contributed by atoms with E-state index in [2.05, 4.69) is 31.3 Å². The van der Waals surface area contributed by atoms with Crippen molar-refractivity contribution in [2.75, 3.05) is 0 Å². The maximum Gasteiger partial charge on any atom is 0.269 e. The summed E-state index contributed by atoms with van der Waals surface area (Å²) in [7, 11) is 0. The zero-order valence-corrected chi connectivity index (χ0v) is 21.2. The number of β-lactam (4-membered cyclic amide) rings is 1. The van der Waals surface area contributed by atoms with Crippen LogP contribution in [-0.2, 0) is 20.8 Å². The molecule has 2 aromatic carbocycles. The quantitative estimate of drug-likeness (QED) is 0.218. The van der Waals surface area contributed by atoms with E-state index < -0.39 is 39.6 Å². The van der Waals surface area contributed by atoms with Crippen LogP contribution in [0.25, 0.3) is 0 Å². The van der Waals surface area contributed by atoms with Crippen LogP contribution in [0.1, 0.15) is 42.9 Å². The van der Waals surface area contributed by atoms with Crippen LogP contribution in [0, 0.1) is 10.1 Å². The molecule has 2 unspecified atom stereocenters. The number of tetrazole rings is 1. The smallest absolute Gasteiger partial charge is 0.269 e. The van der Waals surface area contributed by atoms with Gasteiger partial charge in [0.15, 0.2) is 5.82 Å². The molecule has 2 aliphatic rings. The van der Waals surface area contributed by atoms with Crippen molar-refractivity contribution in [3.63, 3.8) is 0 Å². The molecule has 0 spiro atoms. The Balaban J connectivity index is 1.30. The van der Waals surface area contributed by atoms with Crippen LogP contribution in [0.2, 0.25) is 0 Å². The first-order valence-corrected chi connectivity index (χ1v) is 12.6. The standard InChI is InChI=1S/C24H24N8O5S/c1-24(2)19(20-27-29-30-28-20)31-22(35)18(23(31)38-24)26-21(34)17(14-6-4-3-5-7-14)25-16(33)12-13-8-10-15(11-9-13)32(36)37/h3-11,17-19,23H,12H2,1-2H3,(H,25,33)(H,26,34)(H,27,28,29,30)/t17-,18?,19?,23-/m1/s1. The number of thioether (sulfide) groups is 1. The van der Waals surface area contributed by atoms with Gasteiger partial charge >= 0.3 is 0 Å². The molecule has 2 saturated heterocycles. The SMILES string of the molecule is CC1(C)S[C@@H]2C(NC(=O)[C@H](NC(=O)Cc3ccc([N+](=O)[O-])cc3)c3ccccc3)C(=O)N2C1c1nn[nH]n1. The number of nitrogens with zero attached hydrogens (tertiary/aromatic N) is 5. The molecule has 14 heteroatoms. The summed E-state index contributed by atoms with van der Waals surface area (Å²) >= 11 is 1.54. The minimum atomic E-state index is -1.05. The number of nitrogens with one attached hydrogen (secondary N) is 3. The first kappa shape index (κ1) is 25.3. The molecule has 13 nitrogen and oxygen atoms in total. The molecular weight excluding hydrogens is 512 g/mol. The van der Waals surface area contributed by atoms with E-state index in [0.717, 1.165) is 0 Å². The average Bonchev–Trinajstić information content (AvgIpc) is 3.50. The van der Waals surface area contributed by atoms with Crippen molar-refractivity contribution in [3.05, 3.63) is 81.7 Å². The Morgan fingerprint density at radius 2 is 1.89 bits per heavy atom. The summed E-state index contributed by atoms with van der Waals surface area (Å²) in [5, 5.41) is 30.3. The second-order valence-electron chi connectivity index (χ2n) is 9.53. The summed E-state index contributed by atoms with van der Waals surface area (Å²) in [6.45, 7) is 3.96. The molecule has 0 saturated carbocycles. The van der Waals surface area contributed by atoms with Gasteiger partial charge in [-0.25, -0.2) is 0 Å². The van der Waals surface area contributed by atoms with Gasteiger partial charge in [0.25, 0.3) is 5.69 Å². The molecule has 4 atom stereocenters. The topological polar surface area (TPSA) is 176 Å². The van der Waals surface area contributed by atoms with Crippen LogP contribution in [-0.4, -0.2) is 64.3 Å². The summed E-state index contributed by atoms with van der Waals surface area (Å²) in [4.78, 5) is 51.5. The summed E-state index contributed by atoms with van der Waals surface area (Å²) in [5.41, 5.74) is 1.03. The Hall–Kier alpha value is -4.33. The number of nitro groups is 1. The number of aromatic nitrogens is 4. The third-order valence-corrected chi connectivity index (χ3v) is 8.13. The number of rotatable bonds is 8. The van der Waals surface area contributed by atoms with Crippen LogP contribution in [0.15, 0.2) is 54.6 Å². The van der Waals surface area contributed by atoms with Gasteiger partial charge in [0.2, 0.25) is 17.7 Å². The number of fused-ring (bicyclic) bond motifs is 1. The lowest BCUT2D eigenvalue weighted by Crippen LogP contribution is -2.68. The lowest BCUT2D eigenvalue weighted by molar-refractivity contribution is -0.384. The highest BCUT2D eigenvalue weighted by Gasteiger charge is 2.63. The number of amides is 3. The number of carbonyl (C=O) groups is 3. The van der Waals surface area contributed by atoms with Crippen molar-refractivity contribution >= 4 is 35.2 Å². The highest BCUT2D eigenvalue weighted by atomic mass is 32.2. The molecular formula is C24H24N8O5S. The number of non-ortho nitro benzene ring substituents is 1. The molecule has 3 N–H and O–H groups in total. The average molecular weight is 537 g/mol. The van der Waals surface area contributed by atoms with E-state index in [4.69, 9.17) is 0 Å². The maximum atomic E-state index is 13.4. The molecule has 2 aliphatic heterocycles.